The minimum absolute atomic E-state index is 0.262. The summed E-state index contributed by atoms with van der Waals surface area (Å²) in [5.74, 6) is 0.256. The lowest BCUT2D eigenvalue weighted by Crippen LogP contribution is -2.28. The number of nitrogens with zero attached hydrogens (tertiary/aromatic N) is 2. The van der Waals surface area contributed by atoms with Gasteiger partial charge in [0.15, 0.2) is 0 Å². The Morgan fingerprint density at radius 2 is 1.78 bits per heavy atom. The largest absolute Gasteiger partial charge is 0.497 e. The number of fused-ring (bicyclic) bond motifs is 1. The van der Waals surface area contributed by atoms with Gasteiger partial charge in [-0.1, -0.05) is 17.7 Å². The molecule has 0 aliphatic carbocycles. The van der Waals surface area contributed by atoms with Gasteiger partial charge in [0, 0.05) is 11.8 Å². The van der Waals surface area contributed by atoms with Crippen LogP contribution in [0.5, 0.6) is 11.5 Å². The first-order valence-electron chi connectivity index (χ1n) is 11.1. The number of aromatic nitrogens is 2. The quantitative estimate of drug-likeness (QED) is 0.387. The second kappa shape index (κ2) is 10.2. The summed E-state index contributed by atoms with van der Waals surface area (Å²) >= 11 is 1.15. The van der Waals surface area contributed by atoms with Crippen molar-refractivity contribution >= 4 is 44.7 Å². The number of thiophene rings is 1. The van der Waals surface area contributed by atoms with Gasteiger partial charge in [-0.05, 0) is 50.1 Å². The molecule has 0 saturated carbocycles. The lowest BCUT2D eigenvalue weighted by molar-refractivity contribution is -0.116. The van der Waals surface area contributed by atoms with Crippen molar-refractivity contribution in [1.82, 2.24) is 9.55 Å². The number of hydrogen-bond acceptors (Lipinski definition) is 7. The van der Waals surface area contributed by atoms with E-state index in [0.29, 0.717) is 43.5 Å². The van der Waals surface area contributed by atoms with Crippen LogP contribution in [0.15, 0.2) is 47.5 Å². The molecule has 36 heavy (non-hydrogen) atoms. The molecule has 2 aromatic heterocycles. The van der Waals surface area contributed by atoms with Gasteiger partial charge in [0.05, 0.1) is 36.5 Å². The molecule has 4 aromatic rings. The molecule has 2 aromatic carbocycles. The van der Waals surface area contributed by atoms with Crippen LogP contribution in [0.4, 0.5) is 11.4 Å². The molecule has 10 heteroatoms. The molecule has 9 nitrogen and oxygen atoms in total. The minimum Gasteiger partial charge on any atom is -0.497 e. The van der Waals surface area contributed by atoms with Crippen LogP contribution in [0.3, 0.4) is 0 Å². The highest BCUT2D eigenvalue weighted by atomic mass is 32.1. The average molecular weight is 507 g/mol. The maximum Gasteiger partial charge on any atom is 0.266 e. The van der Waals surface area contributed by atoms with Crippen LogP contribution in [0, 0.1) is 20.8 Å². The van der Waals surface area contributed by atoms with E-state index in [0.717, 1.165) is 22.5 Å². The molecule has 2 amide bonds. The van der Waals surface area contributed by atoms with Crippen LogP contribution in [0.25, 0.3) is 10.2 Å². The summed E-state index contributed by atoms with van der Waals surface area (Å²) in [6.45, 7) is 5.36. The Morgan fingerprint density at radius 3 is 2.47 bits per heavy atom. The van der Waals surface area contributed by atoms with Gasteiger partial charge in [0.25, 0.3) is 11.5 Å². The third-order valence-electron chi connectivity index (χ3n) is 5.75. The molecule has 0 radical (unpaired) electrons. The first-order valence-corrected chi connectivity index (χ1v) is 11.9. The zero-order valence-electron chi connectivity index (χ0n) is 20.6. The van der Waals surface area contributed by atoms with Gasteiger partial charge in [-0.3, -0.25) is 19.0 Å². The standard InChI is InChI=1S/C26H26N4O5S/c1-14-6-8-18(15(2)10-14)29-24(32)23-16(3)22-25(36-23)27-13-30(26(22)33)12-21(31)28-19-11-17(34-4)7-9-20(19)35-5/h6-11,13H,12H2,1-5H3,(H,28,31)(H,29,32). The Balaban J connectivity index is 1.58. The van der Waals surface area contributed by atoms with E-state index in [2.05, 4.69) is 15.6 Å². The summed E-state index contributed by atoms with van der Waals surface area (Å²) in [5.41, 5.74) is 3.30. The molecular formula is C26H26N4O5S. The summed E-state index contributed by atoms with van der Waals surface area (Å²) in [6.07, 6.45) is 1.31. The highest BCUT2D eigenvalue weighted by Gasteiger charge is 2.21. The molecule has 0 aliphatic rings. The summed E-state index contributed by atoms with van der Waals surface area (Å²) in [7, 11) is 3.01. The smallest absolute Gasteiger partial charge is 0.266 e. The fourth-order valence-corrected chi connectivity index (χ4v) is 4.91. The number of ether oxygens (including phenoxy) is 2. The summed E-state index contributed by atoms with van der Waals surface area (Å²) in [5, 5.41) is 5.98. The van der Waals surface area contributed by atoms with Crippen LogP contribution in [-0.4, -0.2) is 35.6 Å². The number of methoxy groups -OCH3 is 2. The molecule has 0 spiro atoms. The highest BCUT2D eigenvalue weighted by molar-refractivity contribution is 7.20. The monoisotopic (exact) mass is 506 g/mol. The fourth-order valence-electron chi connectivity index (χ4n) is 3.88. The van der Waals surface area contributed by atoms with E-state index in [-0.39, 0.29) is 12.5 Å². The third-order valence-corrected chi connectivity index (χ3v) is 6.95. The van der Waals surface area contributed by atoms with E-state index in [4.69, 9.17) is 9.47 Å². The van der Waals surface area contributed by atoms with Crippen molar-refractivity contribution in [3.8, 4) is 11.5 Å². The van der Waals surface area contributed by atoms with Crippen LogP contribution in [0.2, 0.25) is 0 Å². The van der Waals surface area contributed by atoms with Crippen molar-refractivity contribution in [2.75, 3.05) is 24.9 Å². The summed E-state index contributed by atoms with van der Waals surface area (Å²) in [6, 6.07) is 10.8. The van der Waals surface area contributed by atoms with Gasteiger partial charge in [0.2, 0.25) is 5.91 Å². The molecule has 0 bridgehead atoms. The summed E-state index contributed by atoms with van der Waals surface area (Å²) < 4.78 is 11.7. The zero-order valence-corrected chi connectivity index (χ0v) is 21.4. The molecule has 0 atom stereocenters. The number of amides is 2. The molecule has 4 rings (SSSR count). The van der Waals surface area contributed by atoms with E-state index in [1.807, 2.05) is 32.0 Å². The number of rotatable bonds is 7. The number of aryl methyl sites for hydroxylation is 3. The third kappa shape index (κ3) is 4.94. The van der Waals surface area contributed by atoms with E-state index in [9.17, 15) is 14.4 Å². The average Bonchev–Trinajstić information content (AvgIpc) is 3.19. The molecule has 0 aliphatic heterocycles. The lowest BCUT2D eigenvalue weighted by Gasteiger charge is -2.12. The van der Waals surface area contributed by atoms with Crippen LogP contribution in [-0.2, 0) is 11.3 Å². The molecule has 0 fully saturated rings. The number of nitrogens with one attached hydrogen (secondary N) is 2. The molecule has 2 N–H and O–H groups in total. The maximum atomic E-state index is 13.2. The predicted molar refractivity (Wildman–Crippen MR) is 141 cm³/mol. The van der Waals surface area contributed by atoms with E-state index in [1.165, 1.54) is 25.1 Å². The van der Waals surface area contributed by atoms with E-state index in [1.54, 1.807) is 25.1 Å². The number of carbonyl (C=O) groups excluding carboxylic acids is 2. The minimum atomic E-state index is -0.439. The van der Waals surface area contributed by atoms with Crippen molar-refractivity contribution in [2.45, 2.75) is 27.3 Å². The molecule has 0 saturated heterocycles. The van der Waals surface area contributed by atoms with Crippen LogP contribution in [0.1, 0.15) is 26.4 Å². The maximum absolute atomic E-state index is 13.2. The van der Waals surface area contributed by atoms with Crippen molar-refractivity contribution < 1.29 is 19.1 Å². The van der Waals surface area contributed by atoms with Crippen molar-refractivity contribution in [3.05, 3.63) is 74.6 Å². The van der Waals surface area contributed by atoms with Gasteiger partial charge in [-0.25, -0.2) is 4.98 Å². The zero-order chi connectivity index (χ0) is 26.0. The summed E-state index contributed by atoms with van der Waals surface area (Å²) in [4.78, 5) is 44.1. The molecule has 2 heterocycles. The number of carbonyl (C=O) groups is 2. The second-order valence-corrected chi connectivity index (χ2v) is 9.30. The first-order chi connectivity index (χ1) is 17.2. The van der Waals surface area contributed by atoms with Gasteiger partial charge in [-0.15, -0.1) is 11.3 Å². The van der Waals surface area contributed by atoms with E-state index >= 15 is 0 Å². The van der Waals surface area contributed by atoms with E-state index < -0.39 is 11.5 Å². The van der Waals surface area contributed by atoms with Gasteiger partial charge in [-0.2, -0.15) is 0 Å². The Labute approximate surface area is 211 Å². The van der Waals surface area contributed by atoms with Crippen LogP contribution < -0.4 is 25.7 Å². The highest BCUT2D eigenvalue weighted by Crippen LogP contribution is 2.30. The van der Waals surface area contributed by atoms with Gasteiger partial charge >= 0.3 is 0 Å². The Kier molecular flexibility index (Phi) is 7.07. The Hall–Kier alpha value is -4.18. The predicted octanol–water partition coefficient (Wildman–Crippen LogP) is 4.29. The Morgan fingerprint density at radius 1 is 1.00 bits per heavy atom. The van der Waals surface area contributed by atoms with Crippen molar-refractivity contribution in [1.29, 1.82) is 0 Å². The van der Waals surface area contributed by atoms with Gasteiger partial charge < -0.3 is 20.1 Å². The van der Waals surface area contributed by atoms with Crippen molar-refractivity contribution in [2.24, 2.45) is 0 Å². The molecule has 186 valence electrons. The SMILES string of the molecule is COc1ccc(OC)c(NC(=O)Cn2cnc3sc(C(=O)Nc4ccc(C)cc4C)c(C)c3c2=O)c1. The lowest BCUT2D eigenvalue weighted by atomic mass is 10.1. The number of anilines is 2. The molecule has 0 unspecified atom stereocenters. The normalized spacial score (nSPS) is 10.8. The number of hydrogen-bond donors (Lipinski definition) is 2. The topological polar surface area (TPSA) is 112 Å². The second-order valence-electron chi connectivity index (χ2n) is 8.30. The van der Waals surface area contributed by atoms with Crippen LogP contribution >= 0.6 is 11.3 Å². The van der Waals surface area contributed by atoms with Crippen molar-refractivity contribution in [3.63, 3.8) is 0 Å². The number of benzene rings is 2. The van der Waals surface area contributed by atoms with Gasteiger partial charge in [0.1, 0.15) is 22.9 Å². The molecular weight excluding hydrogens is 480 g/mol. The first kappa shape index (κ1) is 24.9. The fraction of sp³-hybridized carbons (Fsp3) is 0.231. The Bertz CT molecular complexity index is 1540.